The second-order valence-corrected chi connectivity index (χ2v) is 4.82. The van der Waals surface area contributed by atoms with Gasteiger partial charge in [-0.25, -0.2) is 4.79 Å². The van der Waals surface area contributed by atoms with Crippen molar-refractivity contribution in [2.75, 3.05) is 12.3 Å². The van der Waals surface area contributed by atoms with Gasteiger partial charge in [0.15, 0.2) is 6.23 Å². The van der Waals surface area contributed by atoms with E-state index in [1.54, 1.807) is 6.08 Å². The maximum Gasteiger partial charge on any atom is 0.351 e. The number of nitrogens with two attached hydrogens (primary N) is 1. The molecule has 0 radical (unpaired) electrons. The lowest BCUT2D eigenvalue weighted by Crippen LogP contribution is -2.36. The summed E-state index contributed by atoms with van der Waals surface area (Å²) in [5.74, 6) is 0.0358. The molecule has 1 aromatic rings. The number of rotatable bonds is 3. The number of nitrogens with zero attached hydrogens (tertiary/aromatic N) is 2. The van der Waals surface area contributed by atoms with Gasteiger partial charge in [0.2, 0.25) is 0 Å². The number of nitrogen functional groups attached to an aromatic ring is 1. The van der Waals surface area contributed by atoms with Crippen LogP contribution in [0.4, 0.5) is 5.82 Å². The minimum Gasteiger partial charge on any atom is -0.394 e. The van der Waals surface area contributed by atoms with E-state index in [0.29, 0.717) is 5.56 Å². The molecule has 1 aromatic heterocycles. The highest BCUT2D eigenvalue weighted by Gasteiger charge is 2.43. The standard InChI is InChI=1S/C11H14BrN3O5/c12-2-1-5-3-15(11(19)14-9(5)13)10-8(18)7(17)6(4-16)20-10/h1-3,6-8,10,16-18H,4H2,(H2,13,14,19)/t6-,7-,8-,10-/m1/s1. The van der Waals surface area contributed by atoms with Crippen molar-refractivity contribution in [1.29, 1.82) is 0 Å². The summed E-state index contributed by atoms with van der Waals surface area (Å²) in [6, 6.07) is 0. The van der Waals surface area contributed by atoms with Gasteiger partial charge in [-0.3, -0.25) is 4.57 Å². The Bertz CT molecular complexity index is 576. The van der Waals surface area contributed by atoms with Crippen molar-refractivity contribution < 1.29 is 20.1 Å². The number of hydrogen-bond acceptors (Lipinski definition) is 7. The predicted molar refractivity (Wildman–Crippen MR) is 73.9 cm³/mol. The van der Waals surface area contributed by atoms with Crippen LogP contribution in [0.15, 0.2) is 16.0 Å². The SMILES string of the molecule is Nc1nc(=O)n([C@@H]2O[C@H](CO)[C@@H](O)[C@H]2O)cc1C=CBr. The summed E-state index contributed by atoms with van der Waals surface area (Å²) in [5, 5.41) is 28.6. The summed E-state index contributed by atoms with van der Waals surface area (Å²) in [7, 11) is 0. The first-order valence-corrected chi connectivity index (χ1v) is 6.69. The van der Waals surface area contributed by atoms with Crippen molar-refractivity contribution in [3.63, 3.8) is 0 Å². The van der Waals surface area contributed by atoms with Crippen molar-refractivity contribution in [2.45, 2.75) is 24.5 Å². The zero-order chi connectivity index (χ0) is 14.9. The fraction of sp³-hybridized carbons (Fsp3) is 0.455. The minimum absolute atomic E-state index is 0.0358. The first-order chi connectivity index (χ1) is 9.49. The first kappa shape index (κ1) is 15.1. The van der Waals surface area contributed by atoms with E-state index in [9.17, 15) is 15.0 Å². The van der Waals surface area contributed by atoms with E-state index in [1.165, 1.54) is 11.2 Å². The maximum atomic E-state index is 11.8. The van der Waals surface area contributed by atoms with E-state index < -0.39 is 36.8 Å². The Labute approximate surface area is 122 Å². The summed E-state index contributed by atoms with van der Waals surface area (Å²) in [6.07, 6.45) is -1.80. The zero-order valence-electron chi connectivity index (χ0n) is 10.3. The van der Waals surface area contributed by atoms with Crippen LogP contribution in [0.25, 0.3) is 6.08 Å². The second-order valence-electron chi connectivity index (χ2n) is 4.29. The van der Waals surface area contributed by atoms with Gasteiger partial charge in [0.25, 0.3) is 0 Å². The molecular weight excluding hydrogens is 334 g/mol. The first-order valence-electron chi connectivity index (χ1n) is 5.77. The van der Waals surface area contributed by atoms with Crippen LogP contribution in [0.3, 0.4) is 0 Å². The lowest BCUT2D eigenvalue weighted by Gasteiger charge is -2.18. The van der Waals surface area contributed by atoms with E-state index in [4.69, 9.17) is 15.6 Å². The average Bonchev–Trinajstić information content (AvgIpc) is 2.70. The Kier molecular flexibility index (Phi) is 4.55. The van der Waals surface area contributed by atoms with Crippen LogP contribution in [0, 0.1) is 0 Å². The van der Waals surface area contributed by atoms with Gasteiger partial charge in [0.1, 0.15) is 24.1 Å². The number of halogens is 1. The highest BCUT2D eigenvalue weighted by atomic mass is 79.9. The fourth-order valence-electron chi connectivity index (χ4n) is 1.98. The van der Waals surface area contributed by atoms with Crippen LogP contribution in [-0.4, -0.2) is 49.8 Å². The molecule has 4 atom stereocenters. The van der Waals surface area contributed by atoms with E-state index in [0.717, 1.165) is 4.57 Å². The van der Waals surface area contributed by atoms with Crippen LogP contribution < -0.4 is 11.4 Å². The molecule has 20 heavy (non-hydrogen) atoms. The Morgan fingerprint density at radius 3 is 2.75 bits per heavy atom. The van der Waals surface area contributed by atoms with Crippen molar-refractivity contribution in [3.05, 3.63) is 27.2 Å². The van der Waals surface area contributed by atoms with Crippen LogP contribution in [0.1, 0.15) is 11.8 Å². The summed E-state index contributed by atoms with van der Waals surface area (Å²) in [5.41, 5.74) is 5.33. The molecule has 1 aliphatic heterocycles. The molecule has 1 aliphatic rings. The highest BCUT2D eigenvalue weighted by molar-refractivity contribution is 9.11. The minimum atomic E-state index is -1.35. The highest BCUT2D eigenvalue weighted by Crippen LogP contribution is 2.28. The smallest absolute Gasteiger partial charge is 0.351 e. The van der Waals surface area contributed by atoms with E-state index in [1.807, 2.05) is 0 Å². The lowest BCUT2D eigenvalue weighted by molar-refractivity contribution is -0.0549. The Morgan fingerprint density at radius 1 is 1.50 bits per heavy atom. The molecule has 0 saturated carbocycles. The molecular formula is C11H14BrN3O5. The molecule has 0 amide bonds. The Hall–Kier alpha value is -1.26. The molecule has 0 unspecified atom stereocenters. The molecule has 2 rings (SSSR count). The fourth-order valence-corrected chi connectivity index (χ4v) is 2.27. The molecule has 9 heteroatoms. The van der Waals surface area contributed by atoms with E-state index in [-0.39, 0.29) is 5.82 Å². The predicted octanol–water partition coefficient (Wildman–Crippen LogP) is -1.20. The average molecular weight is 348 g/mol. The van der Waals surface area contributed by atoms with Crippen LogP contribution in [-0.2, 0) is 4.74 Å². The third-order valence-corrected chi connectivity index (χ3v) is 3.31. The van der Waals surface area contributed by atoms with E-state index in [2.05, 4.69) is 20.9 Å². The quantitative estimate of drug-likeness (QED) is 0.540. The molecule has 2 heterocycles. The third-order valence-electron chi connectivity index (χ3n) is 3.04. The number of anilines is 1. The number of hydrogen-bond donors (Lipinski definition) is 4. The van der Waals surface area contributed by atoms with Crippen LogP contribution >= 0.6 is 15.9 Å². The normalized spacial score (nSPS) is 30.2. The molecule has 0 bridgehead atoms. The monoisotopic (exact) mass is 347 g/mol. The summed E-state index contributed by atoms with van der Waals surface area (Å²) in [4.78, 5) is 17.0. The number of aromatic nitrogens is 2. The molecule has 1 fully saturated rings. The zero-order valence-corrected chi connectivity index (χ0v) is 11.8. The largest absolute Gasteiger partial charge is 0.394 e. The second kappa shape index (κ2) is 6.02. The van der Waals surface area contributed by atoms with Crippen LogP contribution in [0.2, 0.25) is 0 Å². The van der Waals surface area contributed by atoms with Gasteiger partial charge in [-0.05, 0) is 11.1 Å². The van der Waals surface area contributed by atoms with Gasteiger partial charge in [0, 0.05) is 11.8 Å². The molecule has 1 saturated heterocycles. The molecule has 0 aliphatic carbocycles. The van der Waals surface area contributed by atoms with Crippen molar-refractivity contribution >= 4 is 27.8 Å². The summed E-state index contributed by atoms with van der Waals surface area (Å²) in [6.45, 7) is -0.472. The Morgan fingerprint density at radius 2 is 2.20 bits per heavy atom. The van der Waals surface area contributed by atoms with E-state index >= 15 is 0 Å². The summed E-state index contributed by atoms with van der Waals surface area (Å²) < 4.78 is 6.30. The molecule has 5 N–H and O–H groups in total. The number of aliphatic hydroxyl groups excluding tert-OH is 3. The topological polar surface area (TPSA) is 131 Å². The van der Waals surface area contributed by atoms with Crippen LogP contribution in [0.5, 0.6) is 0 Å². The maximum absolute atomic E-state index is 11.8. The molecule has 110 valence electrons. The van der Waals surface area contributed by atoms with Gasteiger partial charge in [-0.15, -0.1) is 0 Å². The van der Waals surface area contributed by atoms with Crippen molar-refractivity contribution in [1.82, 2.24) is 9.55 Å². The van der Waals surface area contributed by atoms with Crippen molar-refractivity contribution in [3.8, 4) is 0 Å². The summed E-state index contributed by atoms with van der Waals surface area (Å²) >= 11 is 3.08. The number of ether oxygens (including phenoxy) is 1. The van der Waals surface area contributed by atoms with Gasteiger partial charge in [-0.1, -0.05) is 15.9 Å². The lowest BCUT2D eigenvalue weighted by atomic mass is 10.1. The molecule has 0 aromatic carbocycles. The van der Waals surface area contributed by atoms with Crippen molar-refractivity contribution in [2.24, 2.45) is 0 Å². The van der Waals surface area contributed by atoms with Gasteiger partial charge < -0.3 is 25.8 Å². The molecule has 0 spiro atoms. The molecule has 8 nitrogen and oxygen atoms in total. The number of aliphatic hydroxyl groups is 3. The van der Waals surface area contributed by atoms with Gasteiger partial charge >= 0.3 is 5.69 Å². The Balaban J connectivity index is 2.43. The third kappa shape index (κ3) is 2.63. The van der Waals surface area contributed by atoms with Gasteiger partial charge in [0.05, 0.1) is 6.61 Å². The van der Waals surface area contributed by atoms with Gasteiger partial charge in [-0.2, -0.15) is 4.98 Å².